The number of carbonyl (C=O) groups is 2. The summed E-state index contributed by atoms with van der Waals surface area (Å²) in [5, 5.41) is 2.80. The molecule has 1 amide bonds. The van der Waals surface area contributed by atoms with E-state index in [9.17, 15) is 9.59 Å². The Morgan fingerprint density at radius 2 is 1.62 bits per heavy atom. The largest absolute Gasteiger partial charge is 0.426 e. The number of hydrogen-bond acceptors (Lipinski definition) is 4. The van der Waals surface area contributed by atoms with Crippen LogP contribution in [0.15, 0.2) is 42.5 Å². The van der Waals surface area contributed by atoms with Gasteiger partial charge in [0, 0.05) is 5.69 Å². The molecule has 24 heavy (non-hydrogen) atoms. The van der Waals surface area contributed by atoms with Gasteiger partial charge in [0.15, 0.2) is 0 Å². The quantitative estimate of drug-likeness (QED) is 0.639. The molecule has 0 heterocycles. The Bertz CT molecular complexity index is 726. The third kappa shape index (κ3) is 5.74. The molecule has 5 heteroatoms. The lowest BCUT2D eigenvalue weighted by Gasteiger charge is -2.08. The van der Waals surface area contributed by atoms with Crippen molar-refractivity contribution in [1.29, 1.82) is 0 Å². The van der Waals surface area contributed by atoms with Crippen LogP contribution in [0.2, 0.25) is 0 Å². The molecule has 0 saturated carbocycles. The second kappa shape index (κ2) is 8.55. The maximum absolute atomic E-state index is 11.9. The van der Waals surface area contributed by atoms with Crippen LogP contribution >= 0.6 is 11.8 Å². The highest BCUT2D eigenvalue weighted by molar-refractivity contribution is 8.00. The number of carbonyl (C=O) groups excluding carboxylic acids is 2. The lowest BCUT2D eigenvalue weighted by molar-refractivity contribution is -0.131. The first-order valence-electron chi connectivity index (χ1n) is 7.66. The smallest absolute Gasteiger partial charge is 0.321 e. The summed E-state index contributed by atoms with van der Waals surface area (Å²) in [4.78, 5) is 23.7. The highest BCUT2D eigenvalue weighted by Crippen LogP contribution is 2.19. The number of hydrogen-bond donors (Lipinski definition) is 1. The predicted molar refractivity (Wildman–Crippen MR) is 98.7 cm³/mol. The zero-order valence-corrected chi connectivity index (χ0v) is 14.9. The van der Waals surface area contributed by atoms with Crippen LogP contribution in [0.5, 0.6) is 5.75 Å². The number of nitrogens with one attached hydrogen (secondary N) is 1. The molecule has 0 saturated heterocycles. The summed E-state index contributed by atoms with van der Waals surface area (Å²) in [5.41, 5.74) is 3.93. The molecule has 0 aliphatic rings. The van der Waals surface area contributed by atoms with Crippen LogP contribution in [0.4, 0.5) is 5.69 Å². The van der Waals surface area contributed by atoms with Gasteiger partial charge in [0.2, 0.25) is 5.91 Å². The Morgan fingerprint density at radius 1 is 0.958 bits per heavy atom. The molecule has 2 aromatic carbocycles. The van der Waals surface area contributed by atoms with E-state index in [1.54, 1.807) is 6.07 Å². The molecular formula is C19H21NO3S. The molecule has 0 unspecified atom stereocenters. The minimum Gasteiger partial charge on any atom is -0.426 e. The molecule has 126 valence electrons. The van der Waals surface area contributed by atoms with Gasteiger partial charge in [0.25, 0.3) is 0 Å². The van der Waals surface area contributed by atoms with Crippen LogP contribution < -0.4 is 10.1 Å². The minimum atomic E-state index is -0.352. The number of rotatable bonds is 6. The normalized spacial score (nSPS) is 10.3. The van der Waals surface area contributed by atoms with Gasteiger partial charge in [-0.3, -0.25) is 9.59 Å². The van der Waals surface area contributed by atoms with Gasteiger partial charge >= 0.3 is 5.97 Å². The zero-order chi connectivity index (χ0) is 17.5. The van der Waals surface area contributed by atoms with Crippen LogP contribution in [-0.2, 0) is 9.59 Å². The maximum Gasteiger partial charge on any atom is 0.321 e. The summed E-state index contributed by atoms with van der Waals surface area (Å²) in [6.45, 7) is 5.88. The van der Waals surface area contributed by atoms with E-state index in [4.69, 9.17) is 4.74 Å². The number of aryl methyl sites for hydroxylation is 3. The van der Waals surface area contributed by atoms with Crippen molar-refractivity contribution in [3.05, 3.63) is 59.2 Å². The second-order valence-electron chi connectivity index (χ2n) is 5.65. The lowest BCUT2D eigenvalue weighted by Crippen LogP contribution is -2.17. The molecular weight excluding hydrogens is 322 g/mol. The molecule has 0 spiro atoms. The standard InChI is InChI=1S/C19H21NO3S/c1-13-4-7-16(8-5-13)20-18(21)11-24-12-19(22)23-17-9-6-14(2)10-15(17)3/h4-10H,11-12H2,1-3H3,(H,20,21). The Balaban J connectivity index is 1.73. The van der Waals surface area contributed by atoms with Gasteiger partial charge in [0.1, 0.15) is 5.75 Å². The first-order chi connectivity index (χ1) is 11.4. The van der Waals surface area contributed by atoms with Crippen LogP contribution in [0.1, 0.15) is 16.7 Å². The summed E-state index contributed by atoms with van der Waals surface area (Å²) < 4.78 is 5.32. The molecule has 0 aliphatic carbocycles. The number of thioether (sulfide) groups is 1. The van der Waals surface area contributed by atoms with Crippen LogP contribution in [-0.4, -0.2) is 23.4 Å². The van der Waals surface area contributed by atoms with Gasteiger partial charge in [-0.2, -0.15) is 0 Å². The third-order valence-corrected chi connectivity index (χ3v) is 4.25. The summed E-state index contributed by atoms with van der Waals surface area (Å²) in [5.74, 6) is 0.415. The molecule has 0 atom stereocenters. The van der Waals surface area contributed by atoms with Crippen LogP contribution in [0.25, 0.3) is 0 Å². The van der Waals surface area contributed by atoms with E-state index in [0.29, 0.717) is 5.75 Å². The Hall–Kier alpha value is -2.27. The van der Waals surface area contributed by atoms with Crippen molar-refractivity contribution in [1.82, 2.24) is 0 Å². The van der Waals surface area contributed by atoms with Crippen molar-refractivity contribution in [2.75, 3.05) is 16.8 Å². The number of benzene rings is 2. The molecule has 2 aromatic rings. The van der Waals surface area contributed by atoms with E-state index in [1.807, 2.05) is 57.2 Å². The summed E-state index contributed by atoms with van der Waals surface area (Å²) in [6, 6.07) is 13.2. The number of esters is 1. The second-order valence-corrected chi connectivity index (χ2v) is 6.64. The van der Waals surface area contributed by atoms with E-state index in [2.05, 4.69) is 5.32 Å². The first-order valence-corrected chi connectivity index (χ1v) is 8.82. The fraction of sp³-hybridized carbons (Fsp3) is 0.263. The van der Waals surface area contributed by atoms with Gasteiger partial charge in [-0.1, -0.05) is 35.4 Å². The van der Waals surface area contributed by atoms with Gasteiger partial charge in [-0.05, 0) is 44.5 Å². The van der Waals surface area contributed by atoms with Crippen molar-refractivity contribution in [3.63, 3.8) is 0 Å². The van der Waals surface area contributed by atoms with Crippen molar-refractivity contribution in [2.45, 2.75) is 20.8 Å². The Labute approximate surface area is 146 Å². The number of ether oxygens (including phenoxy) is 1. The fourth-order valence-electron chi connectivity index (χ4n) is 2.13. The summed E-state index contributed by atoms with van der Waals surface area (Å²) >= 11 is 1.23. The molecule has 0 fully saturated rings. The molecule has 1 N–H and O–H groups in total. The topological polar surface area (TPSA) is 55.4 Å². The van der Waals surface area contributed by atoms with E-state index < -0.39 is 0 Å². The molecule has 0 aliphatic heterocycles. The summed E-state index contributed by atoms with van der Waals surface area (Å²) in [7, 11) is 0. The maximum atomic E-state index is 11.9. The van der Waals surface area contributed by atoms with Gasteiger partial charge in [-0.25, -0.2) is 0 Å². The monoisotopic (exact) mass is 343 g/mol. The Kier molecular flexibility index (Phi) is 6.44. The predicted octanol–water partition coefficient (Wildman–Crippen LogP) is 3.89. The lowest BCUT2D eigenvalue weighted by atomic mass is 10.1. The SMILES string of the molecule is Cc1ccc(NC(=O)CSCC(=O)Oc2ccc(C)cc2C)cc1. The molecule has 2 rings (SSSR count). The van der Waals surface area contributed by atoms with Crippen molar-refractivity contribution >= 4 is 29.3 Å². The molecule has 0 radical (unpaired) electrons. The average molecular weight is 343 g/mol. The fourth-order valence-corrected chi connectivity index (χ4v) is 2.71. The molecule has 0 bridgehead atoms. The molecule has 0 aromatic heterocycles. The van der Waals surface area contributed by atoms with E-state index in [1.165, 1.54) is 11.8 Å². The van der Waals surface area contributed by atoms with Crippen LogP contribution in [0.3, 0.4) is 0 Å². The van der Waals surface area contributed by atoms with Crippen molar-refractivity contribution < 1.29 is 14.3 Å². The molecule has 4 nitrogen and oxygen atoms in total. The minimum absolute atomic E-state index is 0.134. The Morgan fingerprint density at radius 3 is 2.29 bits per heavy atom. The zero-order valence-electron chi connectivity index (χ0n) is 14.1. The van der Waals surface area contributed by atoms with E-state index in [0.717, 1.165) is 22.4 Å². The van der Waals surface area contributed by atoms with E-state index in [-0.39, 0.29) is 23.4 Å². The third-order valence-electron chi connectivity index (χ3n) is 3.34. The number of amides is 1. The summed E-state index contributed by atoms with van der Waals surface area (Å²) in [6.07, 6.45) is 0. The van der Waals surface area contributed by atoms with Gasteiger partial charge in [-0.15, -0.1) is 11.8 Å². The van der Waals surface area contributed by atoms with Crippen LogP contribution in [0, 0.1) is 20.8 Å². The number of anilines is 1. The highest BCUT2D eigenvalue weighted by Gasteiger charge is 2.09. The van der Waals surface area contributed by atoms with Gasteiger partial charge in [0.05, 0.1) is 11.5 Å². The van der Waals surface area contributed by atoms with Crippen molar-refractivity contribution in [3.8, 4) is 5.75 Å². The van der Waals surface area contributed by atoms with Crippen molar-refractivity contribution in [2.24, 2.45) is 0 Å². The van der Waals surface area contributed by atoms with Gasteiger partial charge < -0.3 is 10.1 Å². The first kappa shape index (κ1) is 18.1. The van der Waals surface area contributed by atoms with E-state index >= 15 is 0 Å². The average Bonchev–Trinajstić information content (AvgIpc) is 2.52. The highest BCUT2D eigenvalue weighted by atomic mass is 32.2.